The van der Waals surface area contributed by atoms with Gasteiger partial charge in [-0.1, -0.05) is 13.3 Å². The molecule has 100 valence electrons. The minimum atomic E-state index is -0.576. The van der Waals surface area contributed by atoms with Crippen LogP contribution in [-0.4, -0.2) is 31.6 Å². The fourth-order valence-corrected chi connectivity index (χ4v) is 1.60. The normalized spacial score (nSPS) is 11.9. The van der Waals surface area contributed by atoms with Crippen molar-refractivity contribution in [3.8, 4) is 0 Å². The van der Waals surface area contributed by atoms with Crippen LogP contribution in [0.3, 0.4) is 0 Å². The van der Waals surface area contributed by atoms with Gasteiger partial charge >= 0.3 is 6.03 Å². The first-order chi connectivity index (χ1) is 8.10. The molecule has 0 aliphatic rings. The van der Waals surface area contributed by atoms with Gasteiger partial charge < -0.3 is 22.1 Å². The van der Waals surface area contributed by atoms with E-state index < -0.39 is 6.03 Å². The Morgan fingerprint density at radius 1 is 1.18 bits per heavy atom. The van der Waals surface area contributed by atoms with Crippen molar-refractivity contribution >= 4 is 11.9 Å². The maximum absolute atomic E-state index is 11.4. The second kappa shape index (κ2) is 9.89. The number of carbonyl (C=O) groups excluding carboxylic acids is 2. The number of urea groups is 1. The van der Waals surface area contributed by atoms with Crippen molar-refractivity contribution in [3.05, 3.63) is 0 Å². The maximum Gasteiger partial charge on any atom is 0.312 e. The minimum absolute atomic E-state index is 0.00624. The predicted octanol–water partition coefficient (Wildman–Crippen LogP) is -0.0739. The van der Waals surface area contributed by atoms with Crippen molar-refractivity contribution in [1.82, 2.24) is 10.6 Å². The molecular formula is C11H24N4O2. The SMILES string of the molecule is CCC(CCN)CCC(=O)NCCNC(N)=O. The summed E-state index contributed by atoms with van der Waals surface area (Å²) in [6.07, 6.45) is 3.39. The lowest BCUT2D eigenvalue weighted by molar-refractivity contribution is -0.121. The number of carbonyl (C=O) groups is 2. The van der Waals surface area contributed by atoms with Crippen LogP contribution in [0.15, 0.2) is 0 Å². The molecule has 17 heavy (non-hydrogen) atoms. The third kappa shape index (κ3) is 9.62. The fourth-order valence-electron chi connectivity index (χ4n) is 1.60. The zero-order valence-electron chi connectivity index (χ0n) is 10.5. The molecule has 6 nitrogen and oxygen atoms in total. The molecule has 3 amide bonds. The zero-order valence-corrected chi connectivity index (χ0v) is 10.5. The van der Waals surface area contributed by atoms with Crippen LogP contribution in [0.4, 0.5) is 4.79 Å². The highest BCUT2D eigenvalue weighted by molar-refractivity contribution is 5.76. The molecule has 0 aromatic carbocycles. The summed E-state index contributed by atoms with van der Waals surface area (Å²) in [6.45, 7) is 3.55. The zero-order chi connectivity index (χ0) is 13.1. The molecule has 1 unspecified atom stereocenters. The molecular weight excluding hydrogens is 220 g/mol. The highest BCUT2D eigenvalue weighted by Gasteiger charge is 2.08. The van der Waals surface area contributed by atoms with Gasteiger partial charge in [0.15, 0.2) is 0 Å². The van der Waals surface area contributed by atoms with Crippen LogP contribution in [0, 0.1) is 5.92 Å². The van der Waals surface area contributed by atoms with Crippen molar-refractivity contribution < 1.29 is 9.59 Å². The Hall–Kier alpha value is -1.30. The molecule has 1 atom stereocenters. The van der Waals surface area contributed by atoms with Crippen LogP contribution in [0.25, 0.3) is 0 Å². The summed E-state index contributed by atoms with van der Waals surface area (Å²) in [5.74, 6) is 0.529. The van der Waals surface area contributed by atoms with Crippen molar-refractivity contribution in [2.45, 2.75) is 32.6 Å². The quantitative estimate of drug-likeness (QED) is 0.426. The summed E-state index contributed by atoms with van der Waals surface area (Å²) >= 11 is 0. The van der Waals surface area contributed by atoms with Gasteiger partial charge in [-0.3, -0.25) is 4.79 Å². The molecule has 0 aromatic rings. The summed E-state index contributed by atoms with van der Waals surface area (Å²) in [5, 5.41) is 5.12. The first-order valence-corrected chi connectivity index (χ1v) is 6.10. The van der Waals surface area contributed by atoms with E-state index in [4.69, 9.17) is 11.5 Å². The number of nitrogens with two attached hydrogens (primary N) is 2. The van der Waals surface area contributed by atoms with Crippen LogP contribution < -0.4 is 22.1 Å². The average Bonchev–Trinajstić information content (AvgIpc) is 2.29. The Balaban J connectivity index is 3.54. The Morgan fingerprint density at radius 3 is 2.35 bits per heavy atom. The maximum atomic E-state index is 11.4. The number of rotatable bonds is 9. The molecule has 0 aliphatic heterocycles. The number of hydrogen-bond acceptors (Lipinski definition) is 3. The topological polar surface area (TPSA) is 110 Å². The molecule has 0 aromatic heterocycles. The van der Waals surface area contributed by atoms with Gasteiger partial charge in [0.05, 0.1) is 0 Å². The van der Waals surface area contributed by atoms with Crippen LogP contribution in [-0.2, 0) is 4.79 Å². The van der Waals surface area contributed by atoms with Gasteiger partial charge in [-0.05, 0) is 25.3 Å². The van der Waals surface area contributed by atoms with E-state index >= 15 is 0 Å². The molecule has 0 rings (SSSR count). The fraction of sp³-hybridized carbons (Fsp3) is 0.818. The van der Waals surface area contributed by atoms with E-state index in [1.165, 1.54) is 0 Å². The first-order valence-electron chi connectivity index (χ1n) is 6.10. The van der Waals surface area contributed by atoms with E-state index in [-0.39, 0.29) is 5.91 Å². The average molecular weight is 244 g/mol. The number of nitrogens with one attached hydrogen (secondary N) is 2. The van der Waals surface area contributed by atoms with Gasteiger partial charge in [-0.25, -0.2) is 4.79 Å². The molecule has 6 heteroatoms. The highest BCUT2D eigenvalue weighted by atomic mass is 16.2. The molecule has 0 radical (unpaired) electrons. The summed E-state index contributed by atoms with van der Waals surface area (Å²) < 4.78 is 0. The second-order valence-electron chi connectivity index (χ2n) is 4.03. The Kier molecular flexibility index (Phi) is 9.14. The molecule has 0 spiro atoms. The van der Waals surface area contributed by atoms with Gasteiger partial charge in [-0.2, -0.15) is 0 Å². The lowest BCUT2D eigenvalue weighted by Gasteiger charge is -2.13. The number of amides is 3. The third-order valence-corrected chi connectivity index (χ3v) is 2.68. The summed E-state index contributed by atoms with van der Waals surface area (Å²) in [6, 6.07) is -0.576. The lowest BCUT2D eigenvalue weighted by atomic mass is 9.96. The van der Waals surface area contributed by atoms with Crippen molar-refractivity contribution in [2.24, 2.45) is 17.4 Å². The van der Waals surface area contributed by atoms with Crippen LogP contribution in [0.2, 0.25) is 0 Å². The number of primary amides is 1. The molecule has 6 N–H and O–H groups in total. The van der Waals surface area contributed by atoms with Gasteiger partial charge in [-0.15, -0.1) is 0 Å². The van der Waals surface area contributed by atoms with Crippen LogP contribution in [0.5, 0.6) is 0 Å². The van der Waals surface area contributed by atoms with E-state index in [0.29, 0.717) is 32.0 Å². The first kappa shape index (κ1) is 15.7. The van der Waals surface area contributed by atoms with Gasteiger partial charge in [0.25, 0.3) is 0 Å². The van der Waals surface area contributed by atoms with E-state index in [1.807, 2.05) is 0 Å². The standard InChI is InChI=1S/C11H24N4O2/c1-2-9(5-6-12)3-4-10(16)14-7-8-15-11(13)17/h9H,2-8,12H2,1H3,(H,14,16)(H3,13,15,17). The van der Waals surface area contributed by atoms with Crippen molar-refractivity contribution in [1.29, 1.82) is 0 Å². The molecule has 0 saturated heterocycles. The third-order valence-electron chi connectivity index (χ3n) is 2.68. The molecule has 0 heterocycles. The highest BCUT2D eigenvalue weighted by Crippen LogP contribution is 2.13. The van der Waals surface area contributed by atoms with E-state index in [2.05, 4.69) is 17.6 Å². The lowest BCUT2D eigenvalue weighted by Crippen LogP contribution is -2.37. The Labute approximate surface area is 102 Å². The van der Waals surface area contributed by atoms with Crippen LogP contribution in [0.1, 0.15) is 32.6 Å². The molecule has 0 bridgehead atoms. The van der Waals surface area contributed by atoms with Crippen LogP contribution >= 0.6 is 0 Å². The van der Waals surface area contributed by atoms with Gasteiger partial charge in [0.2, 0.25) is 5.91 Å². The Bertz CT molecular complexity index is 234. The van der Waals surface area contributed by atoms with E-state index in [9.17, 15) is 9.59 Å². The van der Waals surface area contributed by atoms with Crippen molar-refractivity contribution in [2.75, 3.05) is 19.6 Å². The summed E-state index contributed by atoms with van der Waals surface area (Å²) in [4.78, 5) is 21.8. The minimum Gasteiger partial charge on any atom is -0.354 e. The van der Waals surface area contributed by atoms with E-state index in [0.717, 1.165) is 19.3 Å². The molecule has 0 fully saturated rings. The number of hydrogen-bond donors (Lipinski definition) is 4. The van der Waals surface area contributed by atoms with Gasteiger partial charge in [0.1, 0.15) is 0 Å². The Morgan fingerprint density at radius 2 is 1.82 bits per heavy atom. The second-order valence-corrected chi connectivity index (χ2v) is 4.03. The van der Waals surface area contributed by atoms with E-state index in [1.54, 1.807) is 0 Å². The largest absolute Gasteiger partial charge is 0.354 e. The summed E-state index contributed by atoms with van der Waals surface area (Å²) in [7, 11) is 0. The predicted molar refractivity (Wildman–Crippen MR) is 67.3 cm³/mol. The molecule has 0 aliphatic carbocycles. The monoisotopic (exact) mass is 244 g/mol. The van der Waals surface area contributed by atoms with Crippen molar-refractivity contribution in [3.63, 3.8) is 0 Å². The molecule has 0 saturated carbocycles. The van der Waals surface area contributed by atoms with Gasteiger partial charge in [0, 0.05) is 19.5 Å². The summed E-state index contributed by atoms with van der Waals surface area (Å²) in [5.41, 5.74) is 10.4. The smallest absolute Gasteiger partial charge is 0.312 e.